The number of hydrogen-bond donors (Lipinski definition) is 4. The number of rotatable bonds is 6. The van der Waals surface area contributed by atoms with E-state index in [1.807, 2.05) is 58.0 Å². The lowest BCUT2D eigenvalue weighted by Gasteiger charge is -2.25. The molecule has 1 fully saturated rings. The molecule has 0 bridgehead atoms. The predicted octanol–water partition coefficient (Wildman–Crippen LogP) is 4.68. The van der Waals surface area contributed by atoms with Gasteiger partial charge in [0, 0.05) is 32.4 Å². The van der Waals surface area contributed by atoms with Gasteiger partial charge in [0.1, 0.15) is 5.70 Å². The van der Waals surface area contributed by atoms with Crippen molar-refractivity contribution in [3.8, 4) is 5.75 Å². The Bertz CT molecular complexity index is 936. The van der Waals surface area contributed by atoms with Crippen molar-refractivity contribution in [2.45, 2.75) is 53.5 Å². The van der Waals surface area contributed by atoms with Crippen LogP contribution in [0.3, 0.4) is 0 Å². The van der Waals surface area contributed by atoms with Gasteiger partial charge in [-0.15, -0.1) is 0 Å². The first-order valence-corrected chi connectivity index (χ1v) is 12.0. The molecule has 1 aliphatic carbocycles. The van der Waals surface area contributed by atoms with Crippen molar-refractivity contribution < 1.29 is 19.8 Å². The van der Waals surface area contributed by atoms with E-state index >= 15 is 0 Å². The fourth-order valence-corrected chi connectivity index (χ4v) is 3.54. The van der Waals surface area contributed by atoms with Crippen molar-refractivity contribution in [3.63, 3.8) is 0 Å². The summed E-state index contributed by atoms with van der Waals surface area (Å²) in [5.74, 6) is -0.310. The summed E-state index contributed by atoms with van der Waals surface area (Å²) >= 11 is 0. The average Bonchev–Trinajstić information content (AvgIpc) is 3.45. The molecule has 2 aromatic rings. The number of phenolic OH excluding ortho intramolecular Hbond substituents is 1. The summed E-state index contributed by atoms with van der Waals surface area (Å²) in [6.45, 7) is 10.0. The average molecular weight is 470 g/mol. The SMILES string of the molecule is CC.CC.CO.O=C1CC(NCc2ccccc2)=C1Nc1cccc(C(=O)N2CCCC2)c1O. The van der Waals surface area contributed by atoms with Gasteiger partial charge in [0.15, 0.2) is 11.5 Å². The maximum Gasteiger partial charge on any atom is 0.257 e. The number of carbonyl (C=O) groups excluding carboxylic acids is 2. The third-order valence-corrected chi connectivity index (χ3v) is 5.19. The summed E-state index contributed by atoms with van der Waals surface area (Å²) in [6.07, 6.45) is 2.31. The number of likely N-dealkylation sites (tertiary alicyclic amines) is 1. The first kappa shape index (κ1) is 28.7. The number of ketones is 1. The topological polar surface area (TPSA) is 102 Å². The van der Waals surface area contributed by atoms with Crippen LogP contribution in [-0.2, 0) is 11.3 Å². The molecule has 0 atom stereocenters. The molecule has 0 spiro atoms. The second-order valence-corrected chi connectivity index (χ2v) is 7.12. The second-order valence-electron chi connectivity index (χ2n) is 7.12. The van der Waals surface area contributed by atoms with E-state index < -0.39 is 0 Å². The lowest BCUT2D eigenvalue weighted by molar-refractivity contribution is -0.116. The number of allylic oxidation sites excluding steroid dienone is 2. The maximum atomic E-state index is 12.6. The molecule has 7 heteroatoms. The quantitative estimate of drug-likeness (QED) is 0.459. The van der Waals surface area contributed by atoms with Crippen molar-refractivity contribution in [2.24, 2.45) is 0 Å². The minimum absolute atomic E-state index is 0.0220. The smallest absolute Gasteiger partial charge is 0.257 e. The van der Waals surface area contributed by atoms with E-state index in [9.17, 15) is 14.7 Å². The van der Waals surface area contributed by atoms with Crippen LogP contribution in [0.2, 0.25) is 0 Å². The Morgan fingerprint density at radius 3 is 2.15 bits per heavy atom. The van der Waals surface area contributed by atoms with Crippen molar-refractivity contribution in [1.82, 2.24) is 10.2 Å². The predicted molar refractivity (Wildman–Crippen MR) is 138 cm³/mol. The molecule has 1 saturated heterocycles. The van der Waals surface area contributed by atoms with Crippen LogP contribution in [-0.4, -0.2) is 47.0 Å². The molecular formula is C27H39N3O4. The highest BCUT2D eigenvalue weighted by Gasteiger charge is 2.29. The molecule has 0 radical (unpaired) electrons. The number of para-hydroxylation sites is 1. The fraction of sp³-hybridized carbons (Fsp3) is 0.407. The summed E-state index contributed by atoms with van der Waals surface area (Å²) < 4.78 is 0. The van der Waals surface area contributed by atoms with Crippen molar-refractivity contribution in [1.29, 1.82) is 0 Å². The van der Waals surface area contributed by atoms with Gasteiger partial charge in [0.2, 0.25) is 0 Å². The van der Waals surface area contributed by atoms with Crippen LogP contribution >= 0.6 is 0 Å². The highest BCUT2D eigenvalue weighted by molar-refractivity contribution is 6.07. The molecule has 1 heterocycles. The number of nitrogens with one attached hydrogen (secondary N) is 2. The van der Waals surface area contributed by atoms with E-state index in [1.54, 1.807) is 23.1 Å². The zero-order valence-electron chi connectivity index (χ0n) is 21.0. The Morgan fingerprint density at radius 1 is 0.941 bits per heavy atom. The zero-order chi connectivity index (χ0) is 25.5. The van der Waals surface area contributed by atoms with Crippen molar-refractivity contribution in [3.05, 3.63) is 71.1 Å². The molecular weight excluding hydrogens is 430 g/mol. The molecule has 0 saturated carbocycles. The van der Waals surface area contributed by atoms with Crippen LogP contribution < -0.4 is 10.6 Å². The second kappa shape index (κ2) is 15.5. The normalized spacial score (nSPS) is 13.8. The standard InChI is InChI=1S/C22H23N3O3.2C2H6.CH4O/c26-19-13-18(23-14-15-7-2-1-3-8-15)20(19)24-17-10-6-9-16(21(17)27)22(28)25-11-4-5-12-25;3*1-2/h1-3,6-10,23-24,27H,4-5,11-14H2;2*1-2H3;2H,1H3. The van der Waals surface area contributed by atoms with Crippen LogP contribution in [0.4, 0.5) is 5.69 Å². The van der Waals surface area contributed by atoms with Crippen LogP contribution in [0.5, 0.6) is 5.75 Å². The Balaban J connectivity index is 0.000000894. The minimum atomic E-state index is -0.171. The molecule has 0 aromatic heterocycles. The number of phenols is 1. The van der Waals surface area contributed by atoms with E-state index in [1.165, 1.54) is 0 Å². The lowest BCUT2D eigenvalue weighted by Crippen LogP contribution is -2.32. The summed E-state index contributed by atoms with van der Waals surface area (Å²) in [5, 5.41) is 23.9. The molecule has 186 valence electrons. The first-order chi connectivity index (χ1) is 16.6. The Hall–Kier alpha value is -3.32. The van der Waals surface area contributed by atoms with E-state index in [4.69, 9.17) is 5.11 Å². The Kier molecular flexibility index (Phi) is 13.1. The van der Waals surface area contributed by atoms with Gasteiger partial charge in [0.25, 0.3) is 5.91 Å². The number of amides is 1. The summed E-state index contributed by atoms with van der Waals surface area (Å²) in [7, 11) is 1.00. The number of aliphatic hydroxyl groups is 1. The summed E-state index contributed by atoms with van der Waals surface area (Å²) in [6, 6.07) is 14.9. The van der Waals surface area contributed by atoms with Crippen LogP contribution in [0.1, 0.15) is 62.9 Å². The number of hydrogen-bond acceptors (Lipinski definition) is 6. The van der Waals surface area contributed by atoms with E-state index in [2.05, 4.69) is 10.6 Å². The summed E-state index contributed by atoms with van der Waals surface area (Å²) in [5.41, 5.74) is 3.00. The number of aromatic hydroxyl groups is 1. The number of Topliss-reactive ketones (excluding diaryl/α,β-unsaturated/α-hetero) is 1. The molecule has 2 aromatic carbocycles. The van der Waals surface area contributed by atoms with E-state index in [0.29, 0.717) is 37.4 Å². The fourth-order valence-electron chi connectivity index (χ4n) is 3.54. The minimum Gasteiger partial charge on any atom is -0.505 e. The highest BCUT2D eigenvalue weighted by atomic mass is 16.3. The Labute approximate surface area is 203 Å². The van der Waals surface area contributed by atoms with Crippen LogP contribution in [0.25, 0.3) is 0 Å². The molecule has 2 aliphatic rings. The van der Waals surface area contributed by atoms with Gasteiger partial charge >= 0.3 is 0 Å². The van der Waals surface area contributed by atoms with Gasteiger partial charge in [-0.1, -0.05) is 64.1 Å². The van der Waals surface area contributed by atoms with Gasteiger partial charge in [-0.05, 0) is 30.5 Å². The van der Waals surface area contributed by atoms with Crippen molar-refractivity contribution >= 4 is 17.4 Å². The highest BCUT2D eigenvalue weighted by Crippen LogP contribution is 2.33. The molecule has 4 rings (SSSR count). The number of nitrogens with zero attached hydrogens (tertiary/aromatic N) is 1. The first-order valence-electron chi connectivity index (χ1n) is 12.0. The molecule has 1 amide bonds. The molecule has 7 nitrogen and oxygen atoms in total. The van der Waals surface area contributed by atoms with Gasteiger partial charge < -0.3 is 25.7 Å². The maximum absolute atomic E-state index is 12.6. The van der Waals surface area contributed by atoms with Gasteiger partial charge in [0.05, 0.1) is 17.7 Å². The molecule has 4 N–H and O–H groups in total. The molecule has 34 heavy (non-hydrogen) atoms. The number of carbonyl (C=O) groups is 2. The van der Waals surface area contributed by atoms with Crippen molar-refractivity contribution in [2.75, 3.05) is 25.5 Å². The third kappa shape index (κ3) is 7.35. The van der Waals surface area contributed by atoms with Gasteiger partial charge in [-0.3, -0.25) is 9.59 Å². The number of anilines is 1. The third-order valence-electron chi connectivity index (χ3n) is 5.19. The van der Waals surface area contributed by atoms with Crippen LogP contribution in [0.15, 0.2) is 59.9 Å². The number of aliphatic hydroxyl groups excluding tert-OH is 1. The van der Waals surface area contributed by atoms with Gasteiger partial charge in [-0.25, -0.2) is 0 Å². The zero-order valence-corrected chi connectivity index (χ0v) is 21.0. The lowest BCUT2D eigenvalue weighted by atomic mass is 9.98. The van der Waals surface area contributed by atoms with E-state index in [-0.39, 0.29) is 23.0 Å². The molecule has 0 unspecified atom stereocenters. The number of benzene rings is 2. The molecule has 1 aliphatic heterocycles. The Morgan fingerprint density at radius 2 is 1.56 bits per heavy atom. The van der Waals surface area contributed by atoms with Crippen LogP contribution in [0, 0.1) is 0 Å². The summed E-state index contributed by atoms with van der Waals surface area (Å²) in [4.78, 5) is 26.5. The largest absolute Gasteiger partial charge is 0.505 e. The monoisotopic (exact) mass is 469 g/mol. The van der Waals surface area contributed by atoms with E-state index in [0.717, 1.165) is 31.2 Å². The van der Waals surface area contributed by atoms with Gasteiger partial charge in [-0.2, -0.15) is 0 Å².